The maximum Gasteiger partial charge on any atom is 0.225 e. The van der Waals surface area contributed by atoms with Gasteiger partial charge in [0.15, 0.2) is 0 Å². The number of amides is 1. The summed E-state index contributed by atoms with van der Waals surface area (Å²) >= 11 is 0. The van der Waals surface area contributed by atoms with Gasteiger partial charge in [-0.1, -0.05) is 0 Å². The van der Waals surface area contributed by atoms with Crippen LogP contribution < -0.4 is 15.5 Å². The van der Waals surface area contributed by atoms with E-state index in [1.54, 1.807) is 12.4 Å². The molecule has 2 saturated heterocycles. The maximum atomic E-state index is 12.2. The average Bonchev–Trinajstić information content (AvgIpc) is 2.57. The van der Waals surface area contributed by atoms with Crippen LogP contribution in [-0.2, 0) is 9.53 Å². The Labute approximate surface area is 130 Å². The highest BCUT2D eigenvalue weighted by molar-refractivity contribution is 5.77. The molecular weight excluding hydrogens is 282 g/mol. The molecule has 1 amide bonds. The number of anilines is 1. The minimum absolute atomic E-state index is 0.00843. The highest BCUT2D eigenvalue weighted by Crippen LogP contribution is 2.15. The smallest absolute Gasteiger partial charge is 0.225 e. The number of nitrogens with zero attached hydrogens (tertiary/aromatic N) is 3. The van der Waals surface area contributed by atoms with Gasteiger partial charge in [-0.3, -0.25) is 4.79 Å². The molecule has 0 spiro atoms. The molecule has 7 nitrogen and oxygen atoms in total. The zero-order valence-corrected chi connectivity index (χ0v) is 12.7. The van der Waals surface area contributed by atoms with Crippen molar-refractivity contribution in [1.82, 2.24) is 20.6 Å². The second kappa shape index (κ2) is 7.51. The lowest BCUT2D eigenvalue weighted by Gasteiger charge is -2.33. The van der Waals surface area contributed by atoms with Gasteiger partial charge in [0.1, 0.15) is 0 Å². The molecule has 1 aromatic rings. The molecule has 7 heteroatoms. The lowest BCUT2D eigenvalue weighted by molar-refractivity contribution is -0.125. The van der Waals surface area contributed by atoms with E-state index in [1.807, 2.05) is 6.07 Å². The summed E-state index contributed by atoms with van der Waals surface area (Å²) < 4.78 is 5.57. The van der Waals surface area contributed by atoms with Gasteiger partial charge in [-0.2, -0.15) is 0 Å². The molecule has 2 fully saturated rings. The first-order valence-corrected chi connectivity index (χ1v) is 7.95. The lowest BCUT2D eigenvalue weighted by atomic mass is 10.1. The fourth-order valence-corrected chi connectivity index (χ4v) is 2.98. The zero-order valence-electron chi connectivity index (χ0n) is 12.7. The first-order chi connectivity index (χ1) is 10.8. The van der Waals surface area contributed by atoms with Crippen molar-refractivity contribution in [2.75, 3.05) is 37.7 Å². The highest BCUT2D eigenvalue weighted by atomic mass is 16.5. The third-order valence-electron chi connectivity index (χ3n) is 4.04. The minimum atomic E-state index is -0.00843. The van der Waals surface area contributed by atoms with Gasteiger partial charge in [-0.25, -0.2) is 9.97 Å². The van der Waals surface area contributed by atoms with E-state index < -0.39 is 0 Å². The van der Waals surface area contributed by atoms with E-state index >= 15 is 0 Å². The first kappa shape index (κ1) is 15.2. The Balaban J connectivity index is 1.48. The second-order valence-corrected chi connectivity index (χ2v) is 5.80. The predicted molar refractivity (Wildman–Crippen MR) is 82.6 cm³/mol. The second-order valence-electron chi connectivity index (χ2n) is 5.80. The normalized spacial score (nSPS) is 25.7. The number of carbonyl (C=O) groups excluding carboxylic acids is 1. The molecule has 0 radical (unpaired) electrons. The topological polar surface area (TPSA) is 79.4 Å². The van der Waals surface area contributed by atoms with Crippen LogP contribution in [0.25, 0.3) is 0 Å². The third kappa shape index (κ3) is 4.14. The Bertz CT molecular complexity index is 478. The Morgan fingerprint density at radius 2 is 2.32 bits per heavy atom. The fourth-order valence-electron chi connectivity index (χ4n) is 2.98. The van der Waals surface area contributed by atoms with E-state index in [2.05, 4.69) is 25.5 Å². The monoisotopic (exact) mass is 305 g/mol. The van der Waals surface area contributed by atoms with Crippen molar-refractivity contribution in [3.05, 3.63) is 18.5 Å². The summed E-state index contributed by atoms with van der Waals surface area (Å²) in [6, 6.07) is 1.96. The molecule has 0 saturated carbocycles. The van der Waals surface area contributed by atoms with E-state index in [0.717, 1.165) is 45.0 Å². The van der Waals surface area contributed by atoms with Gasteiger partial charge >= 0.3 is 0 Å². The van der Waals surface area contributed by atoms with Crippen LogP contribution in [-0.4, -0.2) is 60.8 Å². The molecule has 2 atom stereocenters. The summed E-state index contributed by atoms with van der Waals surface area (Å²) in [7, 11) is 0. The predicted octanol–water partition coefficient (Wildman–Crippen LogP) is -0.0599. The number of piperidine rings is 1. The summed E-state index contributed by atoms with van der Waals surface area (Å²) in [4.78, 5) is 22.9. The molecule has 22 heavy (non-hydrogen) atoms. The number of hydrogen-bond donors (Lipinski definition) is 2. The van der Waals surface area contributed by atoms with Crippen LogP contribution >= 0.6 is 0 Å². The maximum absolute atomic E-state index is 12.2. The van der Waals surface area contributed by atoms with Crippen LogP contribution in [0.2, 0.25) is 0 Å². The van der Waals surface area contributed by atoms with Crippen LogP contribution in [0.1, 0.15) is 19.3 Å². The summed E-state index contributed by atoms with van der Waals surface area (Å²) in [5.74, 6) is 0.802. The molecule has 2 aliphatic rings. The highest BCUT2D eigenvalue weighted by Gasteiger charge is 2.24. The number of carbonyl (C=O) groups is 1. The summed E-state index contributed by atoms with van der Waals surface area (Å²) in [5.41, 5.74) is 0. The van der Waals surface area contributed by atoms with Crippen LogP contribution in [0.4, 0.5) is 5.95 Å². The van der Waals surface area contributed by atoms with Gasteiger partial charge in [-0.05, 0) is 18.9 Å². The van der Waals surface area contributed by atoms with Crippen LogP contribution in [0, 0.1) is 0 Å². The summed E-state index contributed by atoms with van der Waals surface area (Å²) in [6.45, 7) is 4.00. The Morgan fingerprint density at radius 3 is 3.09 bits per heavy atom. The van der Waals surface area contributed by atoms with Crippen molar-refractivity contribution >= 4 is 11.9 Å². The first-order valence-electron chi connectivity index (χ1n) is 7.95. The third-order valence-corrected chi connectivity index (χ3v) is 4.04. The number of rotatable bonds is 4. The van der Waals surface area contributed by atoms with Gasteiger partial charge < -0.3 is 20.3 Å². The Hall–Kier alpha value is -1.73. The molecule has 3 heterocycles. The van der Waals surface area contributed by atoms with Crippen molar-refractivity contribution in [2.24, 2.45) is 0 Å². The van der Waals surface area contributed by atoms with Gasteiger partial charge in [0, 0.05) is 44.6 Å². The lowest BCUT2D eigenvalue weighted by Crippen LogP contribution is -2.49. The molecule has 120 valence electrons. The van der Waals surface area contributed by atoms with E-state index in [1.165, 1.54) is 0 Å². The number of morpholine rings is 1. The number of ether oxygens (including phenoxy) is 1. The van der Waals surface area contributed by atoms with E-state index in [9.17, 15) is 4.79 Å². The largest absolute Gasteiger partial charge is 0.375 e. The van der Waals surface area contributed by atoms with E-state index in [0.29, 0.717) is 13.0 Å². The van der Waals surface area contributed by atoms with E-state index in [4.69, 9.17) is 4.74 Å². The van der Waals surface area contributed by atoms with Crippen molar-refractivity contribution in [2.45, 2.75) is 31.4 Å². The Kier molecular flexibility index (Phi) is 5.18. The molecule has 1 aromatic heterocycles. The molecule has 3 rings (SSSR count). The molecule has 0 aliphatic carbocycles. The molecular formula is C15H23N5O2. The van der Waals surface area contributed by atoms with Crippen molar-refractivity contribution < 1.29 is 9.53 Å². The summed E-state index contributed by atoms with van der Waals surface area (Å²) in [6.07, 6.45) is 5.94. The molecule has 2 N–H and O–H groups in total. The van der Waals surface area contributed by atoms with Crippen molar-refractivity contribution in [1.29, 1.82) is 0 Å². The van der Waals surface area contributed by atoms with Crippen molar-refractivity contribution in [3.8, 4) is 0 Å². The van der Waals surface area contributed by atoms with Crippen LogP contribution in [0.3, 0.4) is 0 Å². The molecule has 2 aliphatic heterocycles. The van der Waals surface area contributed by atoms with Crippen molar-refractivity contribution in [3.63, 3.8) is 0 Å². The SMILES string of the molecule is O=C(CC1CNCCO1)NC1CCCN(c2ncccn2)C1. The number of hydrogen-bond acceptors (Lipinski definition) is 6. The van der Waals surface area contributed by atoms with Gasteiger partial charge in [-0.15, -0.1) is 0 Å². The van der Waals surface area contributed by atoms with Gasteiger partial charge in [0.05, 0.1) is 19.1 Å². The van der Waals surface area contributed by atoms with Gasteiger partial charge in [0.2, 0.25) is 11.9 Å². The number of aromatic nitrogens is 2. The Morgan fingerprint density at radius 1 is 1.45 bits per heavy atom. The standard InChI is InChI=1S/C15H23N5O2/c21-14(9-13-10-16-6-8-22-13)19-12-3-1-7-20(11-12)15-17-4-2-5-18-15/h2,4-5,12-13,16H,1,3,6-11H2,(H,19,21). The fraction of sp³-hybridized carbons (Fsp3) is 0.667. The average molecular weight is 305 g/mol. The van der Waals surface area contributed by atoms with Gasteiger partial charge in [0.25, 0.3) is 0 Å². The van der Waals surface area contributed by atoms with Crippen LogP contribution in [0.15, 0.2) is 18.5 Å². The quantitative estimate of drug-likeness (QED) is 0.811. The molecule has 0 aromatic carbocycles. The zero-order chi connectivity index (χ0) is 15.2. The number of nitrogens with one attached hydrogen (secondary N) is 2. The minimum Gasteiger partial charge on any atom is -0.375 e. The van der Waals surface area contributed by atoms with E-state index in [-0.39, 0.29) is 18.1 Å². The molecule has 2 unspecified atom stereocenters. The van der Waals surface area contributed by atoms with Crippen LogP contribution in [0.5, 0.6) is 0 Å². The summed E-state index contributed by atoms with van der Waals surface area (Å²) in [5, 5.41) is 6.36. The molecule has 0 bridgehead atoms.